The molecule has 4 aromatic carbocycles. The standard InChI is InChI=1S/C32H25FN2O3/c1-2-27(23-13-15-28(33)30(19-23)38-26-6-4-3-5-7-26)32(24-14-16-29-25(18-24)20-34-35-29)22-11-8-21(9-12-22)10-17-31(36)37/h3-20H,2H2,1H3,(H,34,35)(H,36,37)/b17-10+,32-27+. The number of carboxylic acid groups (broad SMARTS) is 1. The Kier molecular flexibility index (Phi) is 7.13. The summed E-state index contributed by atoms with van der Waals surface area (Å²) in [5.41, 5.74) is 6.49. The molecule has 2 N–H and O–H groups in total. The zero-order chi connectivity index (χ0) is 26.5. The van der Waals surface area contributed by atoms with E-state index >= 15 is 0 Å². The predicted octanol–water partition coefficient (Wildman–Crippen LogP) is 7.96. The number of hydrogen-bond acceptors (Lipinski definition) is 3. The summed E-state index contributed by atoms with van der Waals surface area (Å²) in [6.07, 6.45) is 5.13. The number of aliphatic carboxylic acids is 1. The lowest BCUT2D eigenvalue weighted by atomic mass is 9.87. The molecule has 0 fully saturated rings. The SMILES string of the molecule is CC/C(=C(/c1ccc(/C=C/C(=O)O)cc1)c1ccc2[nH]ncc2c1)c1ccc(F)c(Oc2ccccc2)c1. The van der Waals surface area contributed by atoms with Crippen LogP contribution in [-0.4, -0.2) is 21.3 Å². The maximum Gasteiger partial charge on any atom is 0.328 e. The van der Waals surface area contributed by atoms with Gasteiger partial charge in [-0.15, -0.1) is 0 Å². The minimum Gasteiger partial charge on any atom is -0.478 e. The molecule has 1 heterocycles. The van der Waals surface area contributed by atoms with E-state index in [1.165, 1.54) is 6.07 Å². The lowest BCUT2D eigenvalue weighted by Crippen LogP contribution is -1.97. The molecule has 0 spiro atoms. The van der Waals surface area contributed by atoms with Crippen LogP contribution in [0, 0.1) is 5.82 Å². The summed E-state index contributed by atoms with van der Waals surface area (Å²) in [5.74, 6) is -0.732. The third-order valence-corrected chi connectivity index (χ3v) is 6.25. The maximum atomic E-state index is 14.8. The molecule has 6 heteroatoms. The summed E-state index contributed by atoms with van der Waals surface area (Å²) < 4.78 is 20.7. The Morgan fingerprint density at radius 3 is 2.42 bits per heavy atom. The van der Waals surface area contributed by atoms with Crippen LogP contribution < -0.4 is 4.74 Å². The van der Waals surface area contributed by atoms with Crippen molar-refractivity contribution in [2.45, 2.75) is 13.3 Å². The predicted molar refractivity (Wildman–Crippen MR) is 148 cm³/mol. The van der Waals surface area contributed by atoms with E-state index in [0.29, 0.717) is 12.2 Å². The Bertz CT molecular complexity index is 1650. The molecule has 0 aliphatic rings. The van der Waals surface area contributed by atoms with Crippen LogP contribution in [0.2, 0.25) is 0 Å². The Hall–Kier alpha value is -4.97. The van der Waals surface area contributed by atoms with E-state index in [4.69, 9.17) is 9.84 Å². The number of allylic oxidation sites excluding steroid dienone is 1. The van der Waals surface area contributed by atoms with Crippen molar-refractivity contribution in [3.05, 3.63) is 131 Å². The van der Waals surface area contributed by atoms with E-state index in [0.717, 1.165) is 50.4 Å². The number of nitrogens with one attached hydrogen (secondary N) is 1. The van der Waals surface area contributed by atoms with E-state index in [1.54, 1.807) is 36.5 Å². The Balaban J connectivity index is 1.66. The fourth-order valence-electron chi connectivity index (χ4n) is 4.45. The third kappa shape index (κ3) is 5.39. The molecule has 0 atom stereocenters. The van der Waals surface area contributed by atoms with E-state index in [-0.39, 0.29) is 5.75 Å². The summed E-state index contributed by atoms with van der Waals surface area (Å²) in [7, 11) is 0. The Morgan fingerprint density at radius 1 is 0.947 bits per heavy atom. The number of nitrogens with zero attached hydrogens (tertiary/aromatic N) is 1. The van der Waals surface area contributed by atoms with E-state index in [9.17, 15) is 9.18 Å². The molecule has 0 aliphatic carbocycles. The first kappa shape index (κ1) is 24.7. The monoisotopic (exact) mass is 504 g/mol. The highest BCUT2D eigenvalue weighted by molar-refractivity contribution is 6.00. The number of carboxylic acids is 1. The van der Waals surface area contributed by atoms with E-state index < -0.39 is 11.8 Å². The van der Waals surface area contributed by atoms with Gasteiger partial charge in [0.05, 0.1) is 11.7 Å². The van der Waals surface area contributed by atoms with Gasteiger partial charge in [0.1, 0.15) is 5.75 Å². The summed E-state index contributed by atoms with van der Waals surface area (Å²) in [4.78, 5) is 10.9. The average Bonchev–Trinajstić information content (AvgIpc) is 3.41. The number of fused-ring (bicyclic) bond motifs is 1. The summed E-state index contributed by atoms with van der Waals surface area (Å²) in [6.45, 7) is 2.07. The molecule has 0 saturated carbocycles. The number of rotatable bonds is 8. The van der Waals surface area contributed by atoms with Gasteiger partial charge in [0, 0.05) is 11.5 Å². The van der Waals surface area contributed by atoms with Crippen molar-refractivity contribution >= 4 is 34.1 Å². The molecule has 0 saturated heterocycles. The number of hydrogen-bond donors (Lipinski definition) is 2. The van der Waals surface area contributed by atoms with Gasteiger partial charge in [0.15, 0.2) is 11.6 Å². The number of carbonyl (C=O) groups is 1. The molecule has 0 radical (unpaired) electrons. The van der Waals surface area contributed by atoms with Gasteiger partial charge in [-0.3, -0.25) is 5.10 Å². The molecule has 1 aromatic heterocycles. The van der Waals surface area contributed by atoms with Crippen LogP contribution >= 0.6 is 0 Å². The van der Waals surface area contributed by atoms with Crippen LogP contribution in [-0.2, 0) is 4.79 Å². The first-order valence-corrected chi connectivity index (χ1v) is 12.2. The molecular weight excluding hydrogens is 479 g/mol. The van der Waals surface area contributed by atoms with E-state index in [1.807, 2.05) is 54.6 Å². The zero-order valence-corrected chi connectivity index (χ0v) is 20.7. The second-order valence-corrected chi connectivity index (χ2v) is 8.73. The van der Waals surface area contributed by atoms with Gasteiger partial charge in [-0.2, -0.15) is 5.10 Å². The van der Waals surface area contributed by atoms with Crippen LogP contribution in [0.15, 0.2) is 103 Å². The summed E-state index contributed by atoms with van der Waals surface area (Å²) in [6, 6.07) is 27.9. The molecule has 0 bridgehead atoms. The second-order valence-electron chi connectivity index (χ2n) is 8.73. The number of para-hydroxylation sites is 1. The fourth-order valence-corrected chi connectivity index (χ4v) is 4.45. The number of aromatic amines is 1. The molecule has 5 aromatic rings. The van der Waals surface area contributed by atoms with E-state index in [2.05, 4.69) is 23.2 Å². The minimum atomic E-state index is -0.999. The number of halogens is 1. The molecule has 0 aliphatic heterocycles. The molecule has 0 amide bonds. The van der Waals surface area contributed by atoms with Crippen molar-refractivity contribution in [2.24, 2.45) is 0 Å². The molecule has 5 nitrogen and oxygen atoms in total. The Morgan fingerprint density at radius 2 is 1.68 bits per heavy atom. The van der Waals surface area contributed by atoms with Gasteiger partial charge in [-0.05, 0) is 82.3 Å². The van der Waals surface area contributed by atoms with Crippen LogP contribution in [0.5, 0.6) is 11.5 Å². The number of benzene rings is 4. The number of H-pyrrole nitrogens is 1. The van der Waals surface area contributed by atoms with Crippen LogP contribution in [0.3, 0.4) is 0 Å². The van der Waals surface area contributed by atoms with Gasteiger partial charge in [-0.25, -0.2) is 9.18 Å². The van der Waals surface area contributed by atoms with Gasteiger partial charge < -0.3 is 9.84 Å². The van der Waals surface area contributed by atoms with Crippen molar-refractivity contribution in [1.29, 1.82) is 0 Å². The lowest BCUT2D eigenvalue weighted by molar-refractivity contribution is -0.131. The quantitative estimate of drug-likeness (QED) is 0.166. The van der Waals surface area contributed by atoms with Gasteiger partial charge >= 0.3 is 5.97 Å². The second kappa shape index (κ2) is 11.0. The van der Waals surface area contributed by atoms with Crippen molar-refractivity contribution in [3.8, 4) is 11.5 Å². The maximum absolute atomic E-state index is 14.8. The number of ether oxygens (including phenoxy) is 1. The highest BCUT2D eigenvalue weighted by Gasteiger charge is 2.16. The first-order valence-electron chi connectivity index (χ1n) is 12.2. The summed E-state index contributed by atoms with van der Waals surface area (Å²) >= 11 is 0. The van der Waals surface area contributed by atoms with Crippen LogP contribution in [0.4, 0.5) is 4.39 Å². The highest BCUT2D eigenvalue weighted by atomic mass is 19.1. The van der Waals surface area contributed by atoms with Crippen molar-refractivity contribution in [3.63, 3.8) is 0 Å². The van der Waals surface area contributed by atoms with Crippen molar-refractivity contribution < 1.29 is 19.0 Å². The largest absolute Gasteiger partial charge is 0.478 e. The molecule has 188 valence electrons. The topological polar surface area (TPSA) is 75.2 Å². The minimum absolute atomic E-state index is 0.151. The molecule has 5 rings (SSSR count). The zero-order valence-electron chi connectivity index (χ0n) is 20.7. The first-order chi connectivity index (χ1) is 18.5. The van der Waals surface area contributed by atoms with Gasteiger partial charge in [0.25, 0.3) is 0 Å². The smallest absolute Gasteiger partial charge is 0.328 e. The molecule has 38 heavy (non-hydrogen) atoms. The van der Waals surface area contributed by atoms with Crippen molar-refractivity contribution in [2.75, 3.05) is 0 Å². The summed E-state index contributed by atoms with van der Waals surface area (Å²) in [5, 5.41) is 17.1. The third-order valence-electron chi connectivity index (χ3n) is 6.25. The van der Waals surface area contributed by atoms with Crippen LogP contribution in [0.25, 0.3) is 28.1 Å². The lowest BCUT2D eigenvalue weighted by Gasteiger charge is -2.18. The molecule has 0 unspecified atom stereocenters. The normalized spacial score (nSPS) is 12.1. The highest BCUT2D eigenvalue weighted by Crippen LogP contribution is 2.37. The Labute approximate surface area is 219 Å². The number of aromatic nitrogens is 2. The average molecular weight is 505 g/mol. The van der Waals surface area contributed by atoms with Gasteiger partial charge in [0.2, 0.25) is 0 Å². The molecular formula is C32H25FN2O3. The van der Waals surface area contributed by atoms with Crippen LogP contribution in [0.1, 0.15) is 35.6 Å². The fraction of sp³-hybridized carbons (Fsp3) is 0.0625. The van der Waals surface area contributed by atoms with Crippen molar-refractivity contribution in [1.82, 2.24) is 10.2 Å². The van der Waals surface area contributed by atoms with Gasteiger partial charge in [-0.1, -0.05) is 61.5 Å².